The molecule has 1 fully saturated rings. The van der Waals surface area contributed by atoms with E-state index in [1.165, 1.54) is 0 Å². The highest BCUT2D eigenvalue weighted by molar-refractivity contribution is 5.90. The number of benzene rings is 1. The number of carbonyl (C=O) groups excluding carboxylic acids is 3. The van der Waals surface area contributed by atoms with Crippen molar-refractivity contribution in [2.24, 2.45) is 5.92 Å². The minimum atomic E-state index is -0.576. The van der Waals surface area contributed by atoms with Crippen LogP contribution < -0.4 is 26.0 Å². The number of carbonyl (C=O) groups is 3. The number of hydrogen-bond acceptors (Lipinski definition) is 5. The minimum Gasteiger partial charge on any atom is -0.492 e. The van der Waals surface area contributed by atoms with Crippen molar-refractivity contribution in [3.8, 4) is 5.75 Å². The van der Waals surface area contributed by atoms with E-state index in [2.05, 4.69) is 35.1 Å². The van der Waals surface area contributed by atoms with Gasteiger partial charge in [-0.2, -0.15) is 0 Å². The lowest BCUT2D eigenvalue weighted by atomic mass is 9.81. The van der Waals surface area contributed by atoms with E-state index in [-0.39, 0.29) is 36.2 Å². The number of ether oxygens (including phenoxy) is 1. The molecule has 2 aliphatic rings. The van der Waals surface area contributed by atoms with Gasteiger partial charge >= 0.3 is 0 Å². The van der Waals surface area contributed by atoms with E-state index < -0.39 is 6.04 Å². The minimum absolute atomic E-state index is 0.0930. The summed E-state index contributed by atoms with van der Waals surface area (Å²) in [6, 6.07) is 7.34. The molecule has 4 N–H and O–H groups in total. The Morgan fingerprint density at radius 1 is 1.00 bits per heavy atom. The zero-order chi connectivity index (χ0) is 22.3. The highest BCUT2D eigenvalue weighted by Crippen LogP contribution is 2.35. The van der Waals surface area contributed by atoms with E-state index in [4.69, 9.17) is 4.74 Å². The van der Waals surface area contributed by atoms with Gasteiger partial charge in [-0.05, 0) is 35.8 Å². The second-order valence-corrected chi connectivity index (χ2v) is 9.02. The molecule has 1 aromatic carbocycles. The topological polar surface area (TPSA) is 109 Å². The molecule has 3 rings (SSSR count). The van der Waals surface area contributed by atoms with Crippen LogP contribution in [0.1, 0.15) is 45.1 Å². The van der Waals surface area contributed by atoms with Crippen LogP contribution in [0.5, 0.6) is 5.75 Å². The molecule has 1 aliphatic carbocycles. The normalized spacial score (nSPS) is 23.8. The second kappa shape index (κ2) is 10.6. The third-order valence-electron chi connectivity index (χ3n) is 5.85. The van der Waals surface area contributed by atoms with Crippen LogP contribution in [-0.2, 0) is 19.8 Å². The maximum absolute atomic E-state index is 12.8. The predicted molar refractivity (Wildman–Crippen MR) is 118 cm³/mol. The molecular formula is C23H34N4O4. The van der Waals surface area contributed by atoms with Crippen LogP contribution in [-0.4, -0.2) is 56.5 Å². The van der Waals surface area contributed by atoms with Crippen molar-refractivity contribution in [3.63, 3.8) is 0 Å². The maximum atomic E-state index is 12.8. The summed E-state index contributed by atoms with van der Waals surface area (Å²) in [5.41, 5.74) is 0.864. The fourth-order valence-electron chi connectivity index (χ4n) is 3.75. The molecule has 0 aromatic heterocycles. The van der Waals surface area contributed by atoms with Gasteiger partial charge in [0.05, 0.1) is 13.1 Å². The van der Waals surface area contributed by atoms with Gasteiger partial charge < -0.3 is 26.0 Å². The standard InChI is InChI=1S/C23H34N4O4/c1-23(2)9-10-25-22(30)18(13-16-7-8-16)27-21(29)15-26-20(28)14-24-11-12-31-19-6-4-3-5-17(19)23/h3-6,16,18,24H,7-15H2,1-2H3,(H,25,30)(H,26,28)(H,27,29). The van der Waals surface area contributed by atoms with Gasteiger partial charge in [0.15, 0.2) is 0 Å². The molecule has 8 nitrogen and oxygen atoms in total. The number of rotatable bonds is 2. The van der Waals surface area contributed by atoms with Crippen molar-refractivity contribution in [3.05, 3.63) is 29.8 Å². The van der Waals surface area contributed by atoms with Crippen molar-refractivity contribution in [2.45, 2.75) is 51.0 Å². The molecule has 0 radical (unpaired) electrons. The van der Waals surface area contributed by atoms with Crippen molar-refractivity contribution < 1.29 is 19.1 Å². The summed E-state index contributed by atoms with van der Waals surface area (Å²) in [5, 5.41) is 11.4. The molecule has 31 heavy (non-hydrogen) atoms. The van der Waals surface area contributed by atoms with Crippen molar-refractivity contribution in [1.82, 2.24) is 21.3 Å². The van der Waals surface area contributed by atoms with E-state index in [0.717, 1.165) is 30.6 Å². The highest BCUT2D eigenvalue weighted by Gasteiger charge is 2.31. The Labute approximate surface area is 183 Å². The summed E-state index contributed by atoms with van der Waals surface area (Å²) in [6.07, 6.45) is 3.54. The lowest BCUT2D eigenvalue weighted by Crippen LogP contribution is -2.50. The number of fused-ring (bicyclic) bond motifs is 1. The summed E-state index contributed by atoms with van der Waals surface area (Å²) in [4.78, 5) is 37.0. The van der Waals surface area contributed by atoms with Gasteiger partial charge in [-0.1, -0.05) is 44.9 Å². The molecule has 1 heterocycles. The third-order valence-corrected chi connectivity index (χ3v) is 5.85. The quantitative estimate of drug-likeness (QED) is 0.556. The fraction of sp³-hybridized carbons (Fsp3) is 0.609. The van der Waals surface area contributed by atoms with Crippen molar-refractivity contribution in [2.75, 3.05) is 32.8 Å². The van der Waals surface area contributed by atoms with Gasteiger partial charge in [-0.15, -0.1) is 0 Å². The first-order valence-electron chi connectivity index (χ1n) is 11.1. The van der Waals surface area contributed by atoms with Gasteiger partial charge in [0.25, 0.3) is 0 Å². The number of para-hydroxylation sites is 1. The molecule has 1 aromatic rings. The van der Waals surface area contributed by atoms with Crippen LogP contribution in [0.4, 0.5) is 0 Å². The Kier molecular flexibility index (Phi) is 7.90. The summed E-state index contributed by atoms with van der Waals surface area (Å²) in [5.74, 6) is 0.488. The summed E-state index contributed by atoms with van der Waals surface area (Å²) >= 11 is 0. The monoisotopic (exact) mass is 430 g/mol. The smallest absolute Gasteiger partial charge is 0.242 e. The average molecular weight is 431 g/mol. The Bertz CT molecular complexity index is 792. The molecule has 3 amide bonds. The maximum Gasteiger partial charge on any atom is 0.242 e. The Morgan fingerprint density at radius 2 is 1.77 bits per heavy atom. The lowest BCUT2D eigenvalue weighted by Gasteiger charge is -2.28. The number of amides is 3. The SMILES string of the molecule is CC1(C)CCNC(=O)C(CC2CC2)NC(=O)CNC(=O)CNCCOc2ccccc21. The van der Waals surface area contributed by atoms with Crippen LogP contribution in [0.2, 0.25) is 0 Å². The van der Waals surface area contributed by atoms with Crippen LogP contribution in [0.25, 0.3) is 0 Å². The summed E-state index contributed by atoms with van der Waals surface area (Å²) in [6.45, 7) is 5.63. The zero-order valence-electron chi connectivity index (χ0n) is 18.5. The van der Waals surface area contributed by atoms with Gasteiger partial charge in [0.2, 0.25) is 17.7 Å². The molecule has 1 unspecified atom stereocenters. The molecule has 1 aliphatic heterocycles. The largest absolute Gasteiger partial charge is 0.492 e. The van der Waals surface area contributed by atoms with Gasteiger partial charge in [0.1, 0.15) is 18.4 Å². The lowest BCUT2D eigenvalue weighted by molar-refractivity contribution is -0.129. The van der Waals surface area contributed by atoms with E-state index in [9.17, 15) is 14.4 Å². The van der Waals surface area contributed by atoms with Crippen LogP contribution in [0.15, 0.2) is 24.3 Å². The second-order valence-electron chi connectivity index (χ2n) is 9.02. The molecule has 170 valence electrons. The van der Waals surface area contributed by atoms with Crippen molar-refractivity contribution in [1.29, 1.82) is 0 Å². The number of nitrogens with one attached hydrogen (secondary N) is 4. The molecule has 0 spiro atoms. The highest BCUT2D eigenvalue weighted by atomic mass is 16.5. The molecular weight excluding hydrogens is 396 g/mol. The van der Waals surface area contributed by atoms with E-state index in [1.54, 1.807) is 0 Å². The van der Waals surface area contributed by atoms with E-state index in [1.807, 2.05) is 24.3 Å². The molecule has 1 saturated carbocycles. The Morgan fingerprint density at radius 3 is 2.55 bits per heavy atom. The third kappa shape index (κ3) is 7.24. The fourth-order valence-corrected chi connectivity index (χ4v) is 3.75. The van der Waals surface area contributed by atoms with Gasteiger partial charge in [0, 0.05) is 13.1 Å². The molecule has 0 bridgehead atoms. The van der Waals surface area contributed by atoms with Gasteiger partial charge in [-0.3, -0.25) is 14.4 Å². The molecule has 8 heteroatoms. The number of hydrogen-bond donors (Lipinski definition) is 4. The first-order chi connectivity index (χ1) is 14.8. The first kappa shape index (κ1) is 23.1. The van der Waals surface area contributed by atoms with Crippen LogP contribution in [0.3, 0.4) is 0 Å². The van der Waals surface area contributed by atoms with E-state index in [0.29, 0.717) is 32.0 Å². The van der Waals surface area contributed by atoms with Crippen molar-refractivity contribution >= 4 is 17.7 Å². The average Bonchev–Trinajstić information content (AvgIpc) is 3.55. The van der Waals surface area contributed by atoms with E-state index >= 15 is 0 Å². The van der Waals surface area contributed by atoms with Gasteiger partial charge in [-0.25, -0.2) is 0 Å². The molecule has 1 atom stereocenters. The Hall–Kier alpha value is -2.61. The summed E-state index contributed by atoms with van der Waals surface area (Å²) < 4.78 is 5.96. The zero-order valence-corrected chi connectivity index (χ0v) is 18.5. The van der Waals surface area contributed by atoms with Crippen LogP contribution >= 0.6 is 0 Å². The van der Waals surface area contributed by atoms with Crippen LogP contribution in [0, 0.1) is 5.92 Å². The first-order valence-corrected chi connectivity index (χ1v) is 11.1. The Balaban J connectivity index is 1.71. The molecule has 0 saturated heterocycles. The summed E-state index contributed by atoms with van der Waals surface area (Å²) in [7, 11) is 0. The predicted octanol–water partition coefficient (Wildman–Crippen LogP) is 0.854.